The molecule has 0 aliphatic carbocycles. The molecular formula is C11H13N3O3S2. The van der Waals surface area contributed by atoms with Crippen LogP contribution in [-0.2, 0) is 15.6 Å². The first-order valence-electron chi connectivity index (χ1n) is 5.44. The van der Waals surface area contributed by atoms with Crippen LogP contribution in [0.25, 0.3) is 0 Å². The van der Waals surface area contributed by atoms with Gasteiger partial charge < -0.3 is 4.98 Å². The Bertz CT molecular complexity index is 697. The summed E-state index contributed by atoms with van der Waals surface area (Å²) in [5.74, 6) is 0. The van der Waals surface area contributed by atoms with E-state index in [2.05, 4.69) is 14.7 Å². The molecule has 2 N–H and O–H groups in total. The monoisotopic (exact) mass is 299 g/mol. The number of hydrogen-bond donors (Lipinski definition) is 2. The number of sulfonamides is 1. The van der Waals surface area contributed by atoms with E-state index in [0.29, 0.717) is 5.01 Å². The Balaban J connectivity index is 2.32. The summed E-state index contributed by atoms with van der Waals surface area (Å²) >= 11 is 1.37. The molecule has 2 aromatic heterocycles. The summed E-state index contributed by atoms with van der Waals surface area (Å²) in [7, 11) is -3.71. The Kier molecular flexibility index (Phi) is 3.57. The zero-order valence-corrected chi connectivity index (χ0v) is 12.0. The molecule has 0 aliphatic heterocycles. The number of aromatic nitrogens is 2. The van der Waals surface area contributed by atoms with Crippen molar-refractivity contribution < 1.29 is 8.42 Å². The van der Waals surface area contributed by atoms with Crippen molar-refractivity contribution in [3.63, 3.8) is 0 Å². The van der Waals surface area contributed by atoms with Crippen LogP contribution in [0.2, 0.25) is 0 Å². The summed E-state index contributed by atoms with van der Waals surface area (Å²) in [6.07, 6.45) is 2.79. The molecule has 2 heterocycles. The van der Waals surface area contributed by atoms with Crippen LogP contribution in [0, 0.1) is 0 Å². The van der Waals surface area contributed by atoms with E-state index in [1.165, 1.54) is 29.7 Å². The number of rotatable bonds is 4. The van der Waals surface area contributed by atoms with Crippen LogP contribution in [0.1, 0.15) is 18.9 Å². The van der Waals surface area contributed by atoms with Crippen molar-refractivity contribution in [2.24, 2.45) is 0 Å². The average molecular weight is 299 g/mol. The van der Waals surface area contributed by atoms with E-state index in [9.17, 15) is 13.2 Å². The van der Waals surface area contributed by atoms with Crippen LogP contribution in [0.5, 0.6) is 0 Å². The van der Waals surface area contributed by atoms with Crippen molar-refractivity contribution in [1.82, 2.24) is 14.7 Å². The number of thiazole rings is 1. The van der Waals surface area contributed by atoms with Gasteiger partial charge in [-0.3, -0.25) is 4.79 Å². The number of nitrogens with one attached hydrogen (secondary N) is 2. The second kappa shape index (κ2) is 4.87. The molecule has 0 atom stereocenters. The molecule has 2 rings (SSSR count). The van der Waals surface area contributed by atoms with Gasteiger partial charge in [-0.05, 0) is 19.9 Å². The Morgan fingerprint density at radius 1 is 1.37 bits per heavy atom. The van der Waals surface area contributed by atoms with Crippen molar-refractivity contribution >= 4 is 21.4 Å². The molecule has 0 aliphatic rings. The van der Waals surface area contributed by atoms with Crippen LogP contribution >= 0.6 is 11.3 Å². The highest BCUT2D eigenvalue weighted by Gasteiger charge is 2.30. The predicted molar refractivity (Wildman–Crippen MR) is 72.5 cm³/mol. The third kappa shape index (κ3) is 3.09. The van der Waals surface area contributed by atoms with Gasteiger partial charge in [-0.25, -0.2) is 13.4 Å². The van der Waals surface area contributed by atoms with E-state index in [4.69, 9.17) is 0 Å². The van der Waals surface area contributed by atoms with E-state index in [1.807, 2.05) is 0 Å². The predicted octanol–water partition coefficient (Wildman–Crippen LogP) is 1.04. The molecule has 0 spiro atoms. The third-order valence-electron chi connectivity index (χ3n) is 2.42. The molecule has 0 saturated carbocycles. The van der Waals surface area contributed by atoms with E-state index in [1.54, 1.807) is 25.4 Å². The number of pyridine rings is 1. The molecule has 0 radical (unpaired) electrons. The lowest BCUT2D eigenvalue weighted by Gasteiger charge is -2.23. The van der Waals surface area contributed by atoms with Crippen molar-refractivity contribution in [1.29, 1.82) is 0 Å². The molecule has 0 saturated heterocycles. The molecule has 8 heteroatoms. The average Bonchev–Trinajstić information content (AvgIpc) is 2.82. The minimum absolute atomic E-state index is 0.0109. The van der Waals surface area contributed by atoms with Gasteiger partial charge in [-0.15, -0.1) is 11.3 Å². The maximum atomic E-state index is 12.2. The maximum Gasteiger partial charge on any atom is 0.247 e. The van der Waals surface area contributed by atoms with Gasteiger partial charge in [0.25, 0.3) is 0 Å². The molecule has 0 amide bonds. The molecule has 102 valence electrons. The van der Waals surface area contributed by atoms with Gasteiger partial charge in [0.05, 0.1) is 10.4 Å². The minimum atomic E-state index is -3.71. The fourth-order valence-electron chi connectivity index (χ4n) is 1.53. The zero-order valence-electron chi connectivity index (χ0n) is 10.4. The third-order valence-corrected chi connectivity index (χ3v) is 5.17. The first-order chi connectivity index (χ1) is 8.81. The van der Waals surface area contributed by atoms with E-state index < -0.39 is 15.6 Å². The summed E-state index contributed by atoms with van der Waals surface area (Å²) < 4.78 is 27.0. The quantitative estimate of drug-likeness (QED) is 0.882. The highest BCUT2D eigenvalue weighted by molar-refractivity contribution is 7.89. The zero-order chi connectivity index (χ0) is 14.1. The Labute approximate surface area is 114 Å². The number of nitrogens with zero attached hydrogens (tertiary/aromatic N) is 1. The lowest BCUT2D eigenvalue weighted by atomic mass is 10.1. The van der Waals surface area contributed by atoms with E-state index in [0.717, 1.165) is 0 Å². The lowest BCUT2D eigenvalue weighted by Crippen LogP contribution is -2.40. The van der Waals surface area contributed by atoms with Crippen molar-refractivity contribution in [3.8, 4) is 0 Å². The van der Waals surface area contributed by atoms with Crippen molar-refractivity contribution in [2.75, 3.05) is 0 Å². The molecule has 0 fully saturated rings. The Morgan fingerprint density at radius 3 is 2.63 bits per heavy atom. The molecule has 19 heavy (non-hydrogen) atoms. The molecule has 0 aromatic carbocycles. The van der Waals surface area contributed by atoms with Gasteiger partial charge in [-0.2, -0.15) is 4.72 Å². The lowest BCUT2D eigenvalue weighted by molar-refractivity contribution is 0.469. The van der Waals surface area contributed by atoms with Gasteiger partial charge in [0.2, 0.25) is 15.6 Å². The van der Waals surface area contributed by atoms with Gasteiger partial charge in [0.1, 0.15) is 5.01 Å². The smallest absolute Gasteiger partial charge is 0.247 e. The van der Waals surface area contributed by atoms with Crippen LogP contribution in [0.3, 0.4) is 0 Å². The number of H-pyrrole nitrogens is 1. The van der Waals surface area contributed by atoms with Crippen LogP contribution < -0.4 is 10.3 Å². The van der Waals surface area contributed by atoms with Crippen LogP contribution in [0.4, 0.5) is 0 Å². The molecule has 2 aromatic rings. The van der Waals surface area contributed by atoms with Crippen LogP contribution in [-0.4, -0.2) is 18.4 Å². The molecule has 0 unspecified atom stereocenters. The number of aromatic amines is 1. The standard InChI is InChI=1S/C11H13N3O3S2/c1-11(2,10-12-5-6-18-10)14-19(16,17)8-3-4-9(15)13-7-8/h3-7,14H,1-2H3,(H,13,15). The van der Waals surface area contributed by atoms with Crippen molar-refractivity contribution in [3.05, 3.63) is 45.3 Å². The van der Waals surface area contributed by atoms with Crippen molar-refractivity contribution in [2.45, 2.75) is 24.3 Å². The van der Waals surface area contributed by atoms with Crippen LogP contribution in [0.15, 0.2) is 39.6 Å². The summed E-state index contributed by atoms with van der Waals surface area (Å²) in [5.41, 5.74) is -1.17. The molecule has 6 nitrogen and oxygen atoms in total. The molecule has 0 bridgehead atoms. The Morgan fingerprint density at radius 2 is 2.11 bits per heavy atom. The van der Waals surface area contributed by atoms with Gasteiger partial charge >= 0.3 is 0 Å². The second-order valence-corrected chi connectivity index (χ2v) is 7.03. The normalized spacial score (nSPS) is 12.5. The highest BCUT2D eigenvalue weighted by Crippen LogP contribution is 2.24. The Hall–Kier alpha value is -1.51. The van der Waals surface area contributed by atoms with Gasteiger partial charge in [-0.1, -0.05) is 0 Å². The minimum Gasteiger partial charge on any atom is -0.328 e. The fourth-order valence-corrected chi connectivity index (χ4v) is 3.66. The van der Waals surface area contributed by atoms with E-state index in [-0.39, 0.29) is 10.5 Å². The van der Waals surface area contributed by atoms with E-state index >= 15 is 0 Å². The largest absolute Gasteiger partial charge is 0.328 e. The molecular weight excluding hydrogens is 286 g/mol. The first kappa shape index (κ1) is 13.9. The topological polar surface area (TPSA) is 91.9 Å². The highest BCUT2D eigenvalue weighted by atomic mass is 32.2. The number of hydrogen-bond acceptors (Lipinski definition) is 5. The summed E-state index contributed by atoms with van der Waals surface area (Å²) in [6, 6.07) is 2.43. The van der Waals surface area contributed by atoms with Gasteiger partial charge in [0, 0.05) is 23.8 Å². The summed E-state index contributed by atoms with van der Waals surface area (Å²) in [4.78, 5) is 17.4. The summed E-state index contributed by atoms with van der Waals surface area (Å²) in [6.45, 7) is 3.46. The summed E-state index contributed by atoms with van der Waals surface area (Å²) in [5, 5.41) is 2.45. The fraction of sp³-hybridized carbons (Fsp3) is 0.273. The SMILES string of the molecule is CC(C)(NS(=O)(=O)c1ccc(=O)[nH]c1)c1nccs1. The second-order valence-electron chi connectivity index (χ2n) is 4.46. The van der Waals surface area contributed by atoms with Gasteiger partial charge in [0.15, 0.2) is 0 Å². The first-order valence-corrected chi connectivity index (χ1v) is 7.80. The maximum absolute atomic E-state index is 12.2.